The van der Waals surface area contributed by atoms with Gasteiger partial charge in [0.2, 0.25) is 5.91 Å². The molecular formula is C9H14N2O. The number of carbonyl (C=O) groups is 1. The lowest BCUT2D eigenvalue weighted by Gasteiger charge is -2.08. The van der Waals surface area contributed by atoms with Gasteiger partial charge < -0.3 is 5.32 Å². The van der Waals surface area contributed by atoms with Crippen LogP contribution in [0.25, 0.3) is 0 Å². The number of nitrogens with one attached hydrogen (secondary N) is 1. The monoisotopic (exact) mass is 166 g/mol. The highest BCUT2D eigenvalue weighted by Crippen LogP contribution is 1.94. The third-order valence-electron chi connectivity index (χ3n) is 1.66. The smallest absolute Gasteiger partial charge is 0.247 e. The minimum Gasteiger partial charge on any atom is -0.337 e. The molecule has 1 amide bonds. The zero-order chi connectivity index (χ0) is 9.56. The molecule has 0 bridgehead atoms. The van der Waals surface area contributed by atoms with Crippen molar-refractivity contribution in [3.05, 3.63) is 11.6 Å². The summed E-state index contributed by atoms with van der Waals surface area (Å²) >= 11 is 0. The molecule has 66 valence electrons. The molecule has 0 rings (SSSR count). The number of hydrogen-bond acceptors (Lipinski definition) is 2. The molecule has 0 spiro atoms. The summed E-state index contributed by atoms with van der Waals surface area (Å²) in [5, 5.41) is 11.1. The van der Waals surface area contributed by atoms with E-state index in [1.54, 1.807) is 19.9 Å². The Hall–Kier alpha value is -1.30. The Kier molecular flexibility index (Phi) is 4.78. The van der Waals surface area contributed by atoms with Crippen LogP contribution in [0, 0.1) is 11.3 Å². The summed E-state index contributed by atoms with van der Waals surface area (Å²) in [6.45, 7) is 5.38. The molecule has 0 aromatic rings. The number of allylic oxidation sites excluding steroid dienone is 1. The van der Waals surface area contributed by atoms with Gasteiger partial charge in [0.15, 0.2) is 0 Å². The molecule has 0 heterocycles. The van der Waals surface area contributed by atoms with Crippen molar-refractivity contribution in [1.29, 1.82) is 5.26 Å². The van der Waals surface area contributed by atoms with E-state index >= 15 is 0 Å². The number of nitriles is 1. The first kappa shape index (κ1) is 10.7. The molecule has 0 aromatic heterocycles. The fourth-order valence-electron chi connectivity index (χ4n) is 0.629. The third-order valence-corrected chi connectivity index (χ3v) is 1.66. The van der Waals surface area contributed by atoms with Crippen molar-refractivity contribution >= 4 is 5.91 Å². The molecule has 0 aliphatic heterocycles. The fraction of sp³-hybridized carbons (Fsp3) is 0.556. The average molecular weight is 166 g/mol. The van der Waals surface area contributed by atoms with Gasteiger partial charge in [-0.25, -0.2) is 0 Å². The number of amides is 1. The van der Waals surface area contributed by atoms with Crippen LogP contribution in [0.4, 0.5) is 0 Å². The highest BCUT2D eigenvalue weighted by molar-refractivity contribution is 5.93. The van der Waals surface area contributed by atoms with E-state index in [1.165, 1.54) is 0 Å². The van der Waals surface area contributed by atoms with E-state index < -0.39 is 0 Å². The third kappa shape index (κ3) is 3.20. The summed E-state index contributed by atoms with van der Waals surface area (Å²) in [6, 6.07) is 1.63. The topological polar surface area (TPSA) is 52.9 Å². The van der Waals surface area contributed by atoms with Crippen LogP contribution < -0.4 is 5.32 Å². The van der Waals surface area contributed by atoms with Gasteiger partial charge in [-0.1, -0.05) is 13.0 Å². The predicted molar refractivity (Wildman–Crippen MR) is 47.3 cm³/mol. The molecule has 12 heavy (non-hydrogen) atoms. The maximum absolute atomic E-state index is 11.2. The van der Waals surface area contributed by atoms with Crippen LogP contribution in [-0.4, -0.2) is 11.9 Å². The summed E-state index contributed by atoms with van der Waals surface area (Å²) in [6.07, 6.45) is 2.36. The SMILES string of the molecule is C/C=C(\C)C(=O)NC(C#N)CC. The molecule has 1 unspecified atom stereocenters. The van der Waals surface area contributed by atoms with Crippen molar-refractivity contribution in [2.75, 3.05) is 0 Å². The van der Waals surface area contributed by atoms with E-state index in [1.807, 2.05) is 13.0 Å². The summed E-state index contributed by atoms with van der Waals surface area (Å²) in [4.78, 5) is 11.2. The highest BCUT2D eigenvalue weighted by Gasteiger charge is 2.08. The molecule has 3 heteroatoms. The summed E-state index contributed by atoms with van der Waals surface area (Å²) in [5.74, 6) is -0.161. The zero-order valence-electron chi connectivity index (χ0n) is 7.72. The number of hydrogen-bond donors (Lipinski definition) is 1. The second-order valence-electron chi connectivity index (χ2n) is 2.54. The second-order valence-corrected chi connectivity index (χ2v) is 2.54. The van der Waals surface area contributed by atoms with Crippen molar-refractivity contribution < 1.29 is 4.79 Å². The van der Waals surface area contributed by atoms with Crippen LogP contribution in [-0.2, 0) is 4.79 Å². The van der Waals surface area contributed by atoms with E-state index in [0.717, 1.165) is 0 Å². The van der Waals surface area contributed by atoms with Gasteiger partial charge in [-0.3, -0.25) is 4.79 Å². The van der Waals surface area contributed by atoms with Crippen molar-refractivity contribution in [2.45, 2.75) is 33.2 Å². The van der Waals surface area contributed by atoms with Gasteiger partial charge in [0, 0.05) is 5.57 Å². The lowest BCUT2D eigenvalue weighted by molar-refractivity contribution is -0.117. The highest BCUT2D eigenvalue weighted by atomic mass is 16.1. The van der Waals surface area contributed by atoms with Crippen LogP contribution in [0.15, 0.2) is 11.6 Å². The van der Waals surface area contributed by atoms with E-state index in [-0.39, 0.29) is 11.9 Å². The Labute approximate surface area is 73.1 Å². The van der Waals surface area contributed by atoms with Gasteiger partial charge in [0.25, 0.3) is 0 Å². The number of rotatable bonds is 3. The molecule has 0 aliphatic carbocycles. The molecule has 0 saturated carbocycles. The van der Waals surface area contributed by atoms with Gasteiger partial charge in [-0.05, 0) is 20.3 Å². The van der Waals surface area contributed by atoms with Crippen LogP contribution in [0.3, 0.4) is 0 Å². The Morgan fingerprint density at radius 2 is 2.33 bits per heavy atom. The standard InChI is InChI=1S/C9H14N2O/c1-4-7(3)9(12)11-8(5-2)6-10/h4,8H,5H2,1-3H3,(H,11,12)/b7-4+. The van der Waals surface area contributed by atoms with Crippen molar-refractivity contribution in [3.8, 4) is 6.07 Å². The Morgan fingerprint density at radius 1 is 1.75 bits per heavy atom. The van der Waals surface area contributed by atoms with E-state index in [2.05, 4.69) is 5.32 Å². The average Bonchev–Trinajstić information content (AvgIpc) is 2.12. The summed E-state index contributed by atoms with van der Waals surface area (Å²) in [7, 11) is 0. The molecule has 0 aliphatic rings. The van der Waals surface area contributed by atoms with E-state index in [0.29, 0.717) is 12.0 Å². The molecule has 1 N–H and O–H groups in total. The maximum atomic E-state index is 11.2. The molecule has 0 aromatic carbocycles. The van der Waals surface area contributed by atoms with Crippen molar-refractivity contribution in [3.63, 3.8) is 0 Å². The zero-order valence-corrected chi connectivity index (χ0v) is 7.72. The van der Waals surface area contributed by atoms with Crippen LogP contribution in [0.2, 0.25) is 0 Å². The first-order chi connectivity index (χ1) is 5.65. The van der Waals surface area contributed by atoms with Crippen LogP contribution in [0.5, 0.6) is 0 Å². The van der Waals surface area contributed by atoms with Gasteiger partial charge in [0.1, 0.15) is 6.04 Å². The summed E-state index contributed by atoms with van der Waals surface area (Å²) < 4.78 is 0. The first-order valence-electron chi connectivity index (χ1n) is 3.99. The molecule has 0 fully saturated rings. The van der Waals surface area contributed by atoms with Crippen molar-refractivity contribution in [2.24, 2.45) is 0 Å². The molecule has 1 atom stereocenters. The largest absolute Gasteiger partial charge is 0.337 e. The van der Waals surface area contributed by atoms with Gasteiger partial charge >= 0.3 is 0 Å². The van der Waals surface area contributed by atoms with E-state index in [4.69, 9.17) is 5.26 Å². The Morgan fingerprint density at radius 3 is 2.67 bits per heavy atom. The Balaban J connectivity index is 4.10. The molecule has 3 nitrogen and oxygen atoms in total. The van der Waals surface area contributed by atoms with Crippen LogP contribution in [0.1, 0.15) is 27.2 Å². The molecule has 0 radical (unpaired) electrons. The number of nitrogens with zero attached hydrogens (tertiary/aromatic N) is 1. The molecule has 0 saturated heterocycles. The quantitative estimate of drug-likeness (QED) is 0.644. The number of carbonyl (C=O) groups excluding carboxylic acids is 1. The minimum absolute atomic E-state index is 0.161. The first-order valence-corrected chi connectivity index (χ1v) is 3.99. The van der Waals surface area contributed by atoms with Crippen LogP contribution >= 0.6 is 0 Å². The minimum atomic E-state index is -0.368. The van der Waals surface area contributed by atoms with Crippen molar-refractivity contribution in [1.82, 2.24) is 5.32 Å². The lowest BCUT2D eigenvalue weighted by Crippen LogP contribution is -2.33. The maximum Gasteiger partial charge on any atom is 0.247 e. The Bertz CT molecular complexity index is 225. The fourth-order valence-corrected chi connectivity index (χ4v) is 0.629. The molecular weight excluding hydrogens is 152 g/mol. The van der Waals surface area contributed by atoms with Gasteiger partial charge in [0.05, 0.1) is 6.07 Å². The normalized spacial score (nSPS) is 13.3. The van der Waals surface area contributed by atoms with Gasteiger partial charge in [-0.15, -0.1) is 0 Å². The summed E-state index contributed by atoms with van der Waals surface area (Å²) in [5.41, 5.74) is 0.642. The lowest BCUT2D eigenvalue weighted by atomic mass is 10.2. The van der Waals surface area contributed by atoms with Gasteiger partial charge in [-0.2, -0.15) is 5.26 Å². The van der Waals surface area contributed by atoms with E-state index in [9.17, 15) is 4.79 Å². The second kappa shape index (κ2) is 5.36. The predicted octanol–water partition coefficient (Wildman–Crippen LogP) is 1.37.